The maximum absolute atomic E-state index is 13.2. The molecular formula is C22H27ClN4O2S. The number of hydrogen-bond donors (Lipinski definition) is 0. The molecule has 8 heteroatoms. The number of nitrogens with zero attached hydrogens (tertiary/aromatic N) is 4. The van der Waals surface area contributed by atoms with Crippen LogP contribution >= 0.6 is 22.9 Å². The number of aryl methyl sites for hydroxylation is 1. The van der Waals surface area contributed by atoms with Crippen molar-refractivity contribution in [2.24, 2.45) is 0 Å². The molecule has 2 aliphatic rings. The summed E-state index contributed by atoms with van der Waals surface area (Å²) >= 11 is 7.41. The van der Waals surface area contributed by atoms with Crippen LogP contribution in [0.1, 0.15) is 34.6 Å². The number of halogens is 1. The summed E-state index contributed by atoms with van der Waals surface area (Å²) in [4.78, 5) is 37.0. The Morgan fingerprint density at radius 1 is 0.967 bits per heavy atom. The minimum atomic E-state index is 0.0398. The first-order chi connectivity index (χ1) is 14.5. The van der Waals surface area contributed by atoms with Gasteiger partial charge in [0.25, 0.3) is 5.91 Å². The third-order valence-corrected chi connectivity index (χ3v) is 7.22. The van der Waals surface area contributed by atoms with Gasteiger partial charge in [-0.05, 0) is 38.3 Å². The molecule has 1 aromatic heterocycles. The molecule has 4 rings (SSSR count). The molecule has 0 radical (unpaired) electrons. The van der Waals surface area contributed by atoms with E-state index in [0.717, 1.165) is 61.7 Å². The molecule has 2 fully saturated rings. The molecule has 2 saturated heterocycles. The Bertz CT molecular complexity index is 908. The molecule has 30 heavy (non-hydrogen) atoms. The van der Waals surface area contributed by atoms with E-state index in [1.54, 1.807) is 0 Å². The standard InChI is InChI=1S/C22H27ClN4O2S/c1-16-20(30-21(24-16)17-5-7-18(23)8-6-17)22(29)27-12-4-9-25(13-14-27)15-19(28)26-10-2-3-11-26/h5-8H,2-4,9-15H2,1H3. The minimum Gasteiger partial charge on any atom is -0.342 e. The predicted molar refractivity (Wildman–Crippen MR) is 120 cm³/mol. The van der Waals surface area contributed by atoms with Gasteiger partial charge in [0, 0.05) is 49.9 Å². The van der Waals surface area contributed by atoms with Crippen molar-refractivity contribution in [2.75, 3.05) is 45.8 Å². The molecule has 2 aliphatic heterocycles. The van der Waals surface area contributed by atoms with E-state index in [1.165, 1.54) is 11.3 Å². The SMILES string of the molecule is Cc1nc(-c2ccc(Cl)cc2)sc1C(=O)N1CCCN(CC(=O)N2CCCC2)CC1. The molecule has 6 nitrogen and oxygen atoms in total. The van der Waals surface area contributed by atoms with Gasteiger partial charge in [0.2, 0.25) is 5.91 Å². The van der Waals surface area contributed by atoms with Crippen LogP contribution in [0, 0.1) is 6.92 Å². The summed E-state index contributed by atoms with van der Waals surface area (Å²) in [6.45, 7) is 7.05. The van der Waals surface area contributed by atoms with Gasteiger partial charge < -0.3 is 9.80 Å². The second-order valence-corrected chi connectivity index (χ2v) is 9.39. The van der Waals surface area contributed by atoms with Crippen molar-refractivity contribution < 1.29 is 9.59 Å². The van der Waals surface area contributed by atoms with Crippen LogP contribution in [0.15, 0.2) is 24.3 Å². The summed E-state index contributed by atoms with van der Waals surface area (Å²) in [5.74, 6) is 0.260. The lowest BCUT2D eigenvalue weighted by Gasteiger charge is -2.23. The van der Waals surface area contributed by atoms with Crippen LogP contribution in [0.25, 0.3) is 10.6 Å². The number of rotatable bonds is 4. The first-order valence-electron chi connectivity index (χ1n) is 10.5. The van der Waals surface area contributed by atoms with Gasteiger partial charge in [-0.25, -0.2) is 4.98 Å². The van der Waals surface area contributed by atoms with E-state index in [2.05, 4.69) is 9.88 Å². The van der Waals surface area contributed by atoms with E-state index in [9.17, 15) is 9.59 Å². The largest absolute Gasteiger partial charge is 0.342 e. The number of aromatic nitrogens is 1. The van der Waals surface area contributed by atoms with Gasteiger partial charge in [-0.3, -0.25) is 14.5 Å². The Morgan fingerprint density at radius 3 is 2.40 bits per heavy atom. The van der Waals surface area contributed by atoms with Gasteiger partial charge in [0.05, 0.1) is 12.2 Å². The monoisotopic (exact) mass is 446 g/mol. The van der Waals surface area contributed by atoms with Crippen LogP contribution in [0.4, 0.5) is 0 Å². The molecule has 0 unspecified atom stereocenters. The predicted octanol–water partition coefficient (Wildman–Crippen LogP) is 3.54. The van der Waals surface area contributed by atoms with Crippen LogP contribution in [-0.2, 0) is 4.79 Å². The lowest BCUT2D eigenvalue weighted by atomic mass is 10.2. The number of hydrogen-bond acceptors (Lipinski definition) is 5. The minimum absolute atomic E-state index is 0.0398. The van der Waals surface area contributed by atoms with Crippen molar-refractivity contribution in [1.29, 1.82) is 0 Å². The highest BCUT2D eigenvalue weighted by atomic mass is 35.5. The number of amides is 2. The molecule has 160 valence electrons. The molecule has 0 spiro atoms. The molecule has 0 aliphatic carbocycles. The second-order valence-electron chi connectivity index (χ2n) is 7.95. The normalized spacial score (nSPS) is 17.9. The van der Waals surface area contributed by atoms with Gasteiger partial charge in [0.1, 0.15) is 9.88 Å². The highest BCUT2D eigenvalue weighted by molar-refractivity contribution is 7.17. The van der Waals surface area contributed by atoms with Crippen molar-refractivity contribution in [3.8, 4) is 10.6 Å². The topological polar surface area (TPSA) is 56.8 Å². The molecule has 2 aromatic rings. The highest BCUT2D eigenvalue weighted by Crippen LogP contribution is 2.30. The van der Waals surface area contributed by atoms with Gasteiger partial charge in [0.15, 0.2) is 0 Å². The number of benzene rings is 1. The molecule has 0 bridgehead atoms. The third kappa shape index (κ3) is 4.85. The van der Waals surface area contributed by atoms with E-state index < -0.39 is 0 Å². The zero-order chi connectivity index (χ0) is 21.1. The summed E-state index contributed by atoms with van der Waals surface area (Å²) < 4.78 is 0. The van der Waals surface area contributed by atoms with E-state index in [-0.39, 0.29) is 11.8 Å². The first-order valence-corrected chi connectivity index (χ1v) is 11.7. The molecule has 0 atom stereocenters. The Morgan fingerprint density at radius 2 is 1.67 bits per heavy atom. The smallest absolute Gasteiger partial charge is 0.265 e. The Hall–Kier alpha value is -1.96. The van der Waals surface area contributed by atoms with E-state index in [0.29, 0.717) is 29.5 Å². The van der Waals surface area contributed by atoms with Crippen LogP contribution < -0.4 is 0 Å². The molecule has 2 amide bonds. The summed E-state index contributed by atoms with van der Waals surface area (Å²) in [6, 6.07) is 7.52. The van der Waals surface area contributed by atoms with E-state index in [4.69, 9.17) is 11.6 Å². The molecule has 3 heterocycles. The zero-order valence-electron chi connectivity index (χ0n) is 17.3. The summed E-state index contributed by atoms with van der Waals surface area (Å²) in [5, 5.41) is 1.51. The lowest BCUT2D eigenvalue weighted by molar-refractivity contribution is -0.131. The van der Waals surface area contributed by atoms with Crippen molar-refractivity contribution in [3.63, 3.8) is 0 Å². The second kappa shape index (κ2) is 9.45. The van der Waals surface area contributed by atoms with Crippen molar-refractivity contribution >= 4 is 34.8 Å². The Kier molecular flexibility index (Phi) is 6.71. The summed E-state index contributed by atoms with van der Waals surface area (Å²) in [5.41, 5.74) is 1.73. The number of carbonyl (C=O) groups is 2. The fourth-order valence-corrected chi connectivity index (χ4v) is 5.21. The maximum Gasteiger partial charge on any atom is 0.265 e. The lowest BCUT2D eigenvalue weighted by Crippen LogP contribution is -2.41. The number of thiazole rings is 1. The molecule has 1 aromatic carbocycles. The Balaban J connectivity index is 1.39. The fraction of sp³-hybridized carbons (Fsp3) is 0.500. The van der Waals surface area contributed by atoms with Crippen LogP contribution in [0.2, 0.25) is 5.02 Å². The zero-order valence-corrected chi connectivity index (χ0v) is 18.8. The average molecular weight is 447 g/mol. The van der Waals surface area contributed by atoms with Crippen molar-refractivity contribution in [1.82, 2.24) is 19.7 Å². The van der Waals surface area contributed by atoms with Gasteiger partial charge in [-0.15, -0.1) is 11.3 Å². The van der Waals surface area contributed by atoms with Gasteiger partial charge in [-0.2, -0.15) is 0 Å². The van der Waals surface area contributed by atoms with Gasteiger partial charge in [-0.1, -0.05) is 23.7 Å². The summed E-state index contributed by atoms with van der Waals surface area (Å²) in [6.07, 6.45) is 3.10. The molecular weight excluding hydrogens is 420 g/mol. The number of carbonyl (C=O) groups excluding carboxylic acids is 2. The van der Waals surface area contributed by atoms with Crippen LogP contribution in [0.3, 0.4) is 0 Å². The van der Waals surface area contributed by atoms with Crippen LogP contribution in [0.5, 0.6) is 0 Å². The number of likely N-dealkylation sites (tertiary alicyclic amines) is 1. The van der Waals surface area contributed by atoms with E-state index in [1.807, 2.05) is 41.0 Å². The first kappa shape index (κ1) is 21.3. The van der Waals surface area contributed by atoms with Gasteiger partial charge >= 0.3 is 0 Å². The van der Waals surface area contributed by atoms with Crippen molar-refractivity contribution in [3.05, 3.63) is 39.9 Å². The summed E-state index contributed by atoms with van der Waals surface area (Å²) in [7, 11) is 0. The highest BCUT2D eigenvalue weighted by Gasteiger charge is 2.26. The van der Waals surface area contributed by atoms with Crippen molar-refractivity contribution in [2.45, 2.75) is 26.2 Å². The maximum atomic E-state index is 13.2. The Labute approximate surface area is 186 Å². The fourth-order valence-electron chi connectivity index (χ4n) is 4.04. The average Bonchev–Trinajstić information content (AvgIpc) is 3.34. The van der Waals surface area contributed by atoms with Crippen LogP contribution in [-0.4, -0.2) is 77.3 Å². The van der Waals surface area contributed by atoms with E-state index >= 15 is 0 Å². The molecule has 0 saturated carbocycles. The molecule has 0 N–H and O–H groups in total. The quantitative estimate of drug-likeness (QED) is 0.720. The third-order valence-electron chi connectivity index (χ3n) is 5.78.